The lowest BCUT2D eigenvalue weighted by Gasteiger charge is -2.23. The number of hydrogen-bond acceptors (Lipinski definition) is 6. The Kier molecular flexibility index (Phi) is 3.95. The van der Waals surface area contributed by atoms with Gasteiger partial charge >= 0.3 is 0 Å². The van der Waals surface area contributed by atoms with Crippen LogP contribution in [0.2, 0.25) is 0 Å². The van der Waals surface area contributed by atoms with Crippen molar-refractivity contribution in [3.05, 3.63) is 29.3 Å². The van der Waals surface area contributed by atoms with Gasteiger partial charge in [0.05, 0.1) is 16.4 Å². The molecule has 0 unspecified atom stereocenters. The first-order valence-corrected chi connectivity index (χ1v) is 9.58. The third kappa shape index (κ3) is 3.59. The molecule has 1 aliphatic heterocycles. The highest BCUT2D eigenvalue weighted by molar-refractivity contribution is 7.91. The van der Waals surface area contributed by atoms with E-state index in [9.17, 15) is 8.42 Å². The number of aromatic nitrogens is 2. The molecular weight excluding hydrogens is 306 g/mol. The monoisotopic (exact) mass is 323 g/mol. The smallest absolute Gasteiger partial charge is 0.171 e. The highest BCUT2D eigenvalue weighted by Crippen LogP contribution is 2.24. The van der Waals surface area contributed by atoms with Crippen molar-refractivity contribution < 1.29 is 8.42 Å². The first-order valence-electron chi connectivity index (χ1n) is 6.88. The Balaban J connectivity index is 1.77. The quantitative estimate of drug-likeness (QED) is 0.939. The standard InChI is InChI=1S/C14H17N3O2S2/c1-10-9-13(16-11-4-7-21(18,19)8-5-11)17-14(15-10)12-3-2-6-20-12/h2-3,6,9,11H,4-5,7-8H2,1H3,(H,15,16,17). The molecule has 7 heteroatoms. The van der Waals surface area contributed by atoms with Crippen LogP contribution >= 0.6 is 11.3 Å². The van der Waals surface area contributed by atoms with Gasteiger partial charge in [-0.05, 0) is 31.2 Å². The van der Waals surface area contributed by atoms with Crippen molar-refractivity contribution in [1.82, 2.24) is 9.97 Å². The maximum Gasteiger partial charge on any atom is 0.171 e. The van der Waals surface area contributed by atoms with Gasteiger partial charge in [-0.3, -0.25) is 0 Å². The zero-order chi connectivity index (χ0) is 14.9. The van der Waals surface area contributed by atoms with Gasteiger partial charge in [0.15, 0.2) is 5.82 Å². The molecule has 112 valence electrons. The van der Waals surface area contributed by atoms with Gasteiger partial charge in [0.1, 0.15) is 15.7 Å². The zero-order valence-electron chi connectivity index (χ0n) is 11.7. The average Bonchev–Trinajstić information content (AvgIpc) is 2.95. The van der Waals surface area contributed by atoms with Crippen molar-refractivity contribution in [1.29, 1.82) is 0 Å². The molecule has 3 heterocycles. The van der Waals surface area contributed by atoms with E-state index in [0.29, 0.717) is 12.8 Å². The molecule has 0 amide bonds. The number of anilines is 1. The summed E-state index contributed by atoms with van der Waals surface area (Å²) in [5, 5.41) is 5.35. The van der Waals surface area contributed by atoms with Gasteiger partial charge in [-0.2, -0.15) is 0 Å². The summed E-state index contributed by atoms with van der Waals surface area (Å²) in [6.07, 6.45) is 1.28. The van der Waals surface area contributed by atoms with Crippen LogP contribution in [0.1, 0.15) is 18.5 Å². The van der Waals surface area contributed by atoms with Gasteiger partial charge in [0, 0.05) is 17.8 Å². The summed E-state index contributed by atoms with van der Waals surface area (Å²) in [7, 11) is -2.83. The number of aryl methyl sites for hydroxylation is 1. The van der Waals surface area contributed by atoms with E-state index < -0.39 is 9.84 Å². The molecule has 5 nitrogen and oxygen atoms in total. The minimum atomic E-state index is -2.83. The fraction of sp³-hybridized carbons (Fsp3) is 0.429. The molecule has 0 radical (unpaired) electrons. The Morgan fingerprint density at radius 1 is 1.29 bits per heavy atom. The SMILES string of the molecule is Cc1cc(NC2CCS(=O)(=O)CC2)nc(-c2cccs2)n1. The van der Waals surface area contributed by atoms with Crippen molar-refractivity contribution in [2.45, 2.75) is 25.8 Å². The Morgan fingerprint density at radius 3 is 2.71 bits per heavy atom. The minimum Gasteiger partial charge on any atom is -0.367 e. The summed E-state index contributed by atoms with van der Waals surface area (Å²) in [5.74, 6) is 2.00. The van der Waals surface area contributed by atoms with Crippen molar-refractivity contribution in [2.24, 2.45) is 0 Å². The fourth-order valence-corrected chi connectivity index (χ4v) is 4.55. The second-order valence-corrected chi connectivity index (χ2v) is 8.52. The Bertz CT molecular complexity index is 713. The van der Waals surface area contributed by atoms with E-state index >= 15 is 0 Å². The minimum absolute atomic E-state index is 0.166. The van der Waals surface area contributed by atoms with Crippen molar-refractivity contribution >= 4 is 27.0 Å². The van der Waals surface area contributed by atoms with Crippen LogP contribution in [0.15, 0.2) is 23.6 Å². The number of nitrogens with zero attached hydrogens (tertiary/aromatic N) is 2. The average molecular weight is 323 g/mol. The largest absolute Gasteiger partial charge is 0.367 e. The van der Waals surface area contributed by atoms with E-state index in [1.54, 1.807) is 11.3 Å². The molecule has 1 aliphatic rings. The molecule has 0 atom stereocenters. The molecule has 3 rings (SSSR count). The molecule has 2 aromatic heterocycles. The molecule has 21 heavy (non-hydrogen) atoms. The predicted molar refractivity (Wildman–Crippen MR) is 85.4 cm³/mol. The lowest BCUT2D eigenvalue weighted by atomic mass is 10.1. The van der Waals surface area contributed by atoms with Gasteiger partial charge in [-0.15, -0.1) is 11.3 Å². The molecule has 2 aromatic rings. The predicted octanol–water partition coefficient (Wildman–Crippen LogP) is 2.50. The summed E-state index contributed by atoms with van der Waals surface area (Å²) in [4.78, 5) is 10.0. The molecule has 0 spiro atoms. The van der Waals surface area contributed by atoms with Gasteiger partial charge < -0.3 is 5.32 Å². The molecule has 1 saturated heterocycles. The van der Waals surface area contributed by atoms with E-state index in [4.69, 9.17) is 0 Å². The van der Waals surface area contributed by atoms with E-state index in [-0.39, 0.29) is 17.5 Å². The highest BCUT2D eigenvalue weighted by Gasteiger charge is 2.23. The van der Waals surface area contributed by atoms with Crippen LogP contribution in [-0.4, -0.2) is 35.9 Å². The number of sulfone groups is 1. The molecular formula is C14H17N3O2S2. The van der Waals surface area contributed by atoms with E-state index in [1.807, 2.05) is 30.5 Å². The van der Waals surface area contributed by atoms with Crippen molar-refractivity contribution in [2.75, 3.05) is 16.8 Å². The van der Waals surface area contributed by atoms with Gasteiger partial charge in [-0.1, -0.05) is 6.07 Å². The van der Waals surface area contributed by atoms with E-state index in [0.717, 1.165) is 22.2 Å². The molecule has 0 bridgehead atoms. The third-order valence-electron chi connectivity index (χ3n) is 3.50. The number of thiophene rings is 1. The molecule has 0 aromatic carbocycles. The van der Waals surface area contributed by atoms with E-state index in [1.165, 1.54) is 0 Å². The molecule has 0 aliphatic carbocycles. The van der Waals surface area contributed by atoms with Gasteiger partial charge in [-0.25, -0.2) is 18.4 Å². The van der Waals surface area contributed by atoms with Crippen LogP contribution in [0.3, 0.4) is 0 Å². The van der Waals surface area contributed by atoms with Crippen LogP contribution in [0.4, 0.5) is 5.82 Å². The molecule has 1 fully saturated rings. The summed E-state index contributed by atoms with van der Waals surface area (Å²) >= 11 is 1.61. The maximum atomic E-state index is 11.5. The van der Waals surface area contributed by atoms with Gasteiger partial charge in [0.2, 0.25) is 0 Å². The lowest BCUT2D eigenvalue weighted by Crippen LogP contribution is -2.32. The fourth-order valence-electron chi connectivity index (χ4n) is 2.40. The summed E-state index contributed by atoms with van der Waals surface area (Å²) < 4.78 is 22.9. The summed E-state index contributed by atoms with van der Waals surface area (Å²) in [5.41, 5.74) is 0.902. The second-order valence-electron chi connectivity index (χ2n) is 5.27. The molecule has 1 N–H and O–H groups in total. The lowest BCUT2D eigenvalue weighted by molar-refractivity contribution is 0.559. The maximum absolute atomic E-state index is 11.5. The first-order chi connectivity index (χ1) is 10.0. The van der Waals surface area contributed by atoms with Crippen molar-refractivity contribution in [3.8, 4) is 10.7 Å². The Hall–Kier alpha value is -1.47. The first kappa shape index (κ1) is 14.5. The summed E-state index contributed by atoms with van der Waals surface area (Å²) in [6.45, 7) is 1.94. The molecule has 0 saturated carbocycles. The normalized spacial score (nSPS) is 18.5. The topological polar surface area (TPSA) is 72.0 Å². The van der Waals surface area contributed by atoms with Crippen LogP contribution < -0.4 is 5.32 Å². The van der Waals surface area contributed by atoms with Crippen LogP contribution in [0.25, 0.3) is 10.7 Å². The van der Waals surface area contributed by atoms with E-state index in [2.05, 4.69) is 15.3 Å². The van der Waals surface area contributed by atoms with Crippen LogP contribution in [-0.2, 0) is 9.84 Å². The number of nitrogens with one attached hydrogen (secondary N) is 1. The number of rotatable bonds is 3. The highest BCUT2D eigenvalue weighted by atomic mass is 32.2. The second kappa shape index (κ2) is 5.73. The zero-order valence-corrected chi connectivity index (χ0v) is 13.4. The Labute approximate surface area is 128 Å². The van der Waals surface area contributed by atoms with Crippen molar-refractivity contribution in [3.63, 3.8) is 0 Å². The third-order valence-corrected chi connectivity index (χ3v) is 6.08. The summed E-state index contributed by atoms with van der Waals surface area (Å²) in [6, 6.07) is 6.04. The van der Waals surface area contributed by atoms with Crippen LogP contribution in [0, 0.1) is 6.92 Å². The number of hydrogen-bond donors (Lipinski definition) is 1. The van der Waals surface area contributed by atoms with Crippen LogP contribution in [0.5, 0.6) is 0 Å². The van der Waals surface area contributed by atoms with Gasteiger partial charge in [0.25, 0.3) is 0 Å². The Morgan fingerprint density at radius 2 is 2.05 bits per heavy atom.